The van der Waals surface area contributed by atoms with Crippen LogP contribution in [0.5, 0.6) is 5.75 Å². The van der Waals surface area contributed by atoms with E-state index in [4.69, 9.17) is 20.8 Å². The van der Waals surface area contributed by atoms with Crippen molar-refractivity contribution in [3.05, 3.63) is 59.4 Å². The number of aromatic nitrogens is 5. The molecule has 0 spiro atoms. The highest BCUT2D eigenvalue weighted by molar-refractivity contribution is 7.99. The van der Waals surface area contributed by atoms with Gasteiger partial charge in [0.1, 0.15) is 5.75 Å². The van der Waals surface area contributed by atoms with Crippen LogP contribution in [-0.2, 0) is 7.05 Å². The van der Waals surface area contributed by atoms with E-state index in [1.54, 1.807) is 19.2 Å². The zero-order chi connectivity index (χ0) is 20.4. The van der Waals surface area contributed by atoms with Crippen molar-refractivity contribution in [1.82, 2.24) is 25.0 Å². The van der Waals surface area contributed by atoms with Crippen LogP contribution in [0.3, 0.4) is 0 Å². The fourth-order valence-electron chi connectivity index (χ4n) is 2.75. The van der Waals surface area contributed by atoms with Gasteiger partial charge in [-0.15, -0.1) is 20.4 Å². The molecule has 0 saturated carbocycles. The summed E-state index contributed by atoms with van der Waals surface area (Å²) in [4.78, 5) is 0. The molecule has 4 aromatic rings. The predicted octanol–water partition coefficient (Wildman–Crippen LogP) is 5.05. The van der Waals surface area contributed by atoms with Crippen LogP contribution in [0.15, 0.2) is 58.1 Å². The lowest BCUT2D eigenvalue weighted by atomic mass is 10.2. The fourth-order valence-corrected chi connectivity index (χ4v) is 3.79. The van der Waals surface area contributed by atoms with E-state index in [0.717, 1.165) is 27.9 Å². The Labute approximate surface area is 177 Å². The van der Waals surface area contributed by atoms with Gasteiger partial charge in [0.25, 0.3) is 0 Å². The highest BCUT2D eigenvalue weighted by Gasteiger charge is 2.20. The highest BCUT2D eigenvalue weighted by atomic mass is 35.5. The summed E-state index contributed by atoms with van der Waals surface area (Å²) in [6, 6.07) is 15.0. The molecule has 0 saturated heterocycles. The molecule has 7 nitrogen and oxygen atoms in total. The van der Waals surface area contributed by atoms with Gasteiger partial charge in [-0.25, -0.2) is 0 Å². The minimum atomic E-state index is -0.0953. The molecule has 1 unspecified atom stereocenters. The minimum Gasteiger partial charge on any atom is -0.497 e. The molecule has 0 amide bonds. The first-order valence-electron chi connectivity index (χ1n) is 8.85. The number of hydrogen-bond donors (Lipinski definition) is 0. The van der Waals surface area contributed by atoms with Crippen molar-refractivity contribution in [2.45, 2.75) is 17.3 Å². The predicted molar refractivity (Wildman–Crippen MR) is 112 cm³/mol. The van der Waals surface area contributed by atoms with Gasteiger partial charge in [0.2, 0.25) is 11.8 Å². The number of hydrogen-bond acceptors (Lipinski definition) is 7. The number of halogens is 1. The Morgan fingerprint density at radius 1 is 1.03 bits per heavy atom. The largest absolute Gasteiger partial charge is 0.497 e. The maximum Gasteiger partial charge on any atom is 0.247 e. The van der Waals surface area contributed by atoms with Crippen molar-refractivity contribution >= 4 is 23.4 Å². The van der Waals surface area contributed by atoms with Crippen LogP contribution in [0.1, 0.15) is 18.1 Å². The normalized spacial score (nSPS) is 12.1. The van der Waals surface area contributed by atoms with E-state index < -0.39 is 0 Å². The highest BCUT2D eigenvalue weighted by Crippen LogP contribution is 2.35. The average Bonchev–Trinajstić information content (AvgIpc) is 3.36. The third kappa shape index (κ3) is 4.13. The molecule has 0 aliphatic heterocycles. The first-order chi connectivity index (χ1) is 14.0. The first-order valence-corrected chi connectivity index (χ1v) is 10.1. The van der Waals surface area contributed by atoms with E-state index >= 15 is 0 Å². The quantitative estimate of drug-likeness (QED) is 0.398. The molecule has 0 radical (unpaired) electrons. The zero-order valence-electron chi connectivity index (χ0n) is 16.0. The second-order valence-corrected chi connectivity index (χ2v) is 8.05. The number of methoxy groups -OCH3 is 1. The third-order valence-electron chi connectivity index (χ3n) is 4.33. The van der Waals surface area contributed by atoms with Crippen molar-refractivity contribution in [1.29, 1.82) is 0 Å². The smallest absolute Gasteiger partial charge is 0.247 e. The Bertz CT molecular complexity index is 1130. The molecule has 148 valence electrons. The van der Waals surface area contributed by atoms with Crippen LogP contribution < -0.4 is 4.74 Å². The van der Waals surface area contributed by atoms with Crippen molar-refractivity contribution in [3.63, 3.8) is 0 Å². The van der Waals surface area contributed by atoms with Gasteiger partial charge in [-0.05, 0) is 49.4 Å². The van der Waals surface area contributed by atoms with Crippen LogP contribution in [0, 0.1) is 0 Å². The Balaban J connectivity index is 1.52. The number of ether oxygens (including phenoxy) is 1. The van der Waals surface area contributed by atoms with Crippen LogP contribution >= 0.6 is 23.4 Å². The third-order valence-corrected chi connectivity index (χ3v) is 5.68. The number of benzene rings is 2. The van der Waals surface area contributed by atoms with Crippen LogP contribution in [0.25, 0.3) is 22.8 Å². The molecular weight excluding hydrogens is 410 g/mol. The molecule has 2 heterocycles. The molecule has 4 rings (SSSR count). The minimum absolute atomic E-state index is 0.0953. The summed E-state index contributed by atoms with van der Waals surface area (Å²) in [5, 5.41) is 18.2. The van der Waals surface area contributed by atoms with Crippen molar-refractivity contribution in [3.8, 4) is 28.6 Å². The van der Waals surface area contributed by atoms with E-state index in [1.807, 2.05) is 54.9 Å². The summed E-state index contributed by atoms with van der Waals surface area (Å²) >= 11 is 7.54. The molecule has 29 heavy (non-hydrogen) atoms. The van der Waals surface area contributed by atoms with Gasteiger partial charge < -0.3 is 13.7 Å². The SMILES string of the molecule is COc1ccc(-c2nnc(SC(C)c3nnc(-c4cccc(Cl)c4)o3)n2C)cc1. The van der Waals surface area contributed by atoms with Gasteiger partial charge in [-0.3, -0.25) is 0 Å². The van der Waals surface area contributed by atoms with Crippen molar-refractivity contribution in [2.75, 3.05) is 7.11 Å². The number of rotatable bonds is 6. The summed E-state index contributed by atoms with van der Waals surface area (Å²) in [7, 11) is 3.57. The van der Waals surface area contributed by atoms with Gasteiger partial charge in [-0.2, -0.15) is 0 Å². The molecule has 0 bridgehead atoms. The lowest BCUT2D eigenvalue weighted by Gasteiger charge is -2.07. The van der Waals surface area contributed by atoms with Gasteiger partial charge in [0.15, 0.2) is 11.0 Å². The van der Waals surface area contributed by atoms with E-state index in [0.29, 0.717) is 16.8 Å². The van der Waals surface area contributed by atoms with Crippen LogP contribution in [0.4, 0.5) is 0 Å². The Kier molecular flexibility index (Phi) is 5.55. The zero-order valence-corrected chi connectivity index (χ0v) is 17.6. The summed E-state index contributed by atoms with van der Waals surface area (Å²) in [5.74, 6) is 2.52. The van der Waals surface area contributed by atoms with Crippen molar-refractivity contribution < 1.29 is 9.15 Å². The summed E-state index contributed by atoms with van der Waals surface area (Å²) in [6.45, 7) is 1.99. The van der Waals surface area contributed by atoms with Crippen molar-refractivity contribution in [2.24, 2.45) is 7.05 Å². The standard InChI is InChI=1S/C20H18ClN5O2S/c1-12(18-23-24-19(28-18)14-5-4-6-15(21)11-14)29-20-25-22-17(26(20)2)13-7-9-16(27-3)10-8-13/h4-12H,1-3H3. The number of thioether (sulfide) groups is 1. The molecular formula is C20H18ClN5O2S. The molecule has 1 atom stereocenters. The van der Waals surface area contributed by atoms with Crippen LogP contribution in [-0.4, -0.2) is 32.1 Å². The molecule has 9 heteroatoms. The number of nitrogens with zero attached hydrogens (tertiary/aromatic N) is 5. The molecule has 2 aromatic heterocycles. The van der Waals surface area contributed by atoms with E-state index in [-0.39, 0.29) is 5.25 Å². The topological polar surface area (TPSA) is 78.9 Å². The Morgan fingerprint density at radius 3 is 2.55 bits per heavy atom. The van der Waals surface area contributed by atoms with E-state index in [2.05, 4.69) is 20.4 Å². The first kappa shape index (κ1) is 19.5. The van der Waals surface area contributed by atoms with E-state index in [9.17, 15) is 0 Å². The molecule has 0 fully saturated rings. The van der Waals surface area contributed by atoms with Crippen LogP contribution in [0.2, 0.25) is 5.02 Å². The molecule has 2 aromatic carbocycles. The lowest BCUT2D eigenvalue weighted by Crippen LogP contribution is -1.97. The molecule has 0 aliphatic rings. The Morgan fingerprint density at radius 2 is 1.83 bits per heavy atom. The molecule has 0 aliphatic carbocycles. The van der Waals surface area contributed by atoms with Gasteiger partial charge in [-0.1, -0.05) is 29.4 Å². The second-order valence-electron chi connectivity index (χ2n) is 6.31. The monoisotopic (exact) mass is 427 g/mol. The van der Waals surface area contributed by atoms with Gasteiger partial charge in [0.05, 0.1) is 12.4 Å². The Hall–Kier alpha value is -2.84. The lowest BCUT2D eigenvalue weighted by molar-refractivity contribution is 0.415. The maximum absolute atomic E-state index is 6.04. The summed E-state index contributed by atoms with van der Waals surface area (Å²) in [6.07, 6.45) is 0. The molecule has 0 N–H and O–H groups in total. The average molecular weight is 428 g/mol. The fraction of sp³-hybridized carbons (Fsp3) is 0.200. The second kappa shape index (κ2) is 8.26. The van der Waals surface area contributed by atoms with Gasteiger partial charge in [0, 0.05) is 23.2 Å². The van der Waals surface area contributed by atoms with Gasteiger partial charge >= 0.3 is 0 Å². The summed E-state index contributed by atoms with van der Waals surface area (Å²) in [5.41, 5.74) is 1.75. The summed E-state index contributed by atoms with van der Waals surface area (Å²) < 4.78 is 13.0. The maximum atomic E-state index is 6.04. The van der Waals surface area contributed by atoms with E-state index in [1.165, 1.54) is 11.8 Å².